The van der Waals surface area contributed by atoms with Crippen molar-refractivity contribution in [2.75, 3.05) is 0 Å². The molecule has 1 amide bonds. The van der Waals surface area contributed by atoms with E-state index in [1.54, 1.807) is 6.07 Å². The van der Waals surface area contributed by atoms with E-state index in [9.17, 15) is 9.59 Å². The fraction of sp³-hybridized carbons (Fsp3) is 0.500. The average molecular weight is 291 g/mol. The first-order valence-electron chi connectivity index (χ1n) is 7.03. The predicted molar refractivity (Wildman–Crippen MR) is 78.3 cm³/mol. The summed E-state index contributed by atoms with van der Waals surface area (Å²) in [7, 11) is 0. The molecule has 0 heterocycles. The number of esters is 1. The minimum atomic E-state index is -0.502. The maximum absolute atomic E-state index is 11.8. The molecule has 0 aliphatic heterocycles. The summed E-state index contributed by atoms with van der Waals surface area (Å²) in [5, 5.41) is 2.87. The molecule has 0 bridgehead atoms. The number of hydrogen-bond donors (Lipinski definition) is 1. The second-order valence-electron chi connectivity index (χ2n) is 6.28. The second-order valence-corrected chi connectivity index (χ2v) is 6.28. The molecule has 1 aliphatic rings. The van der Waals surface area contributed by atoms with Crippen LogP contribution in [0.15, 0.2) is 18.2 Å². The number of carbonyl (C=O) groups is 2. The number of hydrogen-bond acceptors (Lipinski definition) is 4. The smallest absolute Gasteiger partial charge is 0.407 e. The van der Waals surface area contributed by atoms with Crippen molar-refractivity contribution in [2.24, 2.45) is 0 Å². The van der Waals surface area contributed by atoms with Crippen LogP contribution in [0.4, 0.5) is 4.79 Å². The Morgan fingerprint density at radius 3 is 2.48 bits per heavy atom. The van der Waals surface area contributed by atoms with Crippen LogP contribution in [0, 0.1) is 0 Å². The lowest BCUT2D eigenvalue weighted by atomic mass is 10.1. The van der Waals surface area contributed by atoms with Gasteiger partial charge in [0, 0.05) is 13.0 Å². The lowest BCUT2D eigenvalue weighted by Gasteiger charge is -2.21. The molecule has 5 nitrogen and oxygen atoms in total. The van der Waals surface area contributed by atoms with Crippen LogP contribution in [-0.4, -0.2) is 23.7 Å². The van der Waals surface area contributed by atoms with Crippen molar-refractivity contribution in [3.63, 3.8) is 0 Å². The van der Waals surface area contributed by atoms with Crippen LogP contribution in [0.5, 0.6) is 5.75 Å². The van der Waals surface area contributed by atoms with E-state index in [4.69, 9.17) is 9.47 Å². The fourth-order valence-electron chi connectivity index (χ4n) is 2.40. The van der Waals surface area contributed by atoms with Crippen LogP contribution in [-0.2, 0) is 22.4 Å². The highest BCUT2D eigenvalue weighted by atomic mass is 16.6. The summed E-state index contributed by atoms with van der Waals surface area (Å²) in [6.07, 6.45) is 1.07. The normalized spacial score (nSPS) is 17.0. The maximum atomic E-state index is 11.8. The van der Waals surface area contributed by atoms with E-state index in [1.165, 1.54) is 6.92 Å². The maximum Gasteiger partial charge on any atom is 0.407 e. The molecule has 1 aromatic rings. The standard InChI is InChI=1S/C16H21NO4/c1-10(18)20-14-6-5-11-7-13(8-12(11)9-14)17-15(19)21-16(2,3)4/h5-6,9,13H,7-8H2,1-4H3,(H,17,19). The number of alkyl carbamates (subject to hydrolysis) is 1. The molecule has 0 fully saturated rings. The molecule has 21 heavy (non-hydrogen) atoms. The molecule has 1 aromatic carbocycles. The third kappa shape index (κ3) is 4.48. The zero-order valence-corrected chi connectivity index (χ0v) is 12.9. The van der Waals surface area contributed by atoms with E-state index < -0.39 is 11.7 Å². The minimum absolute atomic E-state index is 0.0161. The predicted octanol–water partition coefficient (Wildman–Crippen LogP) is 2.60. The lowest BCUT2D eigenvalue weighted by Crippen LogP contribution is -2.39. The zero-order valence-electron chi connectivity index (χ0n) is 12.9. The van der Waals surface area contributed by atoms with Gasteiger partial charge in [-0.15, -0.1) is 0 Å². The van der Waals surface area contributed by atoms with Gasteiger partial charge in [-0.1, -0.05) is 6.07 Å². The van der Waals surface area contributed by atoms with Gasteiger partial charge in [0.2, 0.25) is 0 Å². The van der Waals surface area contributed by atoms with Crippen molar-refractivity contribution in [1.82, 2.24) is 5.32 Å². The van der Waals surface area contributed by atoms with Crippen LogP contribution in [0.25, 0.3) is 0 Å². The largest absolute Gasteiger partial charge is 0.444 e. The van der Waals surface area contributed by atoms with Crippen molar-refractivity contribution in [2.45, 2.75) is 52.2 Å². The van der Waals surface area contributed by atoms with Gasteiger partial charge in [0.05, 0.1) is 0 Å². The van der Waals surface area contributed by atoms with Gasteiger partial charge < -0.3 is 14.8 Å². The Kier molecular flexibility index (Phi) is 4.21. The molecule has 1 atom stereocenters. The number of fused-ring (bicyclic) bond motifs is 1. The van der Waals surface area contributed by atoms with Gasteiger partial charge >= 0.3 is 12.1 Å². The molecule has 0 saturated carbocycles. The first-order valence-corrected chi connectivity index (χ1v) is 7.03. The Morgan fingerprint density at radius 1 is 1.19 bits per heavy atom. The first kappa shape index (κ1) is 15.4. The SMILES string of the molecule is CC(=O)Oc1ccc2c(c1)CC(NC(=O)OC(C)(C)C)C2. The number of amides is 1. The molecule has 0 spiro atoms. The van der Waals surface area contributed by atoms with E-state index >= 15 is 0 Å². The van der Waals surface area contributed by atoms with Crippen LogP contribution < -0.4 is 10.1 Å². The van der Waals surface area contributed by atoms with Gasteiger partial charge in [-0.25, -0.2) is 4.79 Å². The Hall–Kier alpha value is -2.04. The number of benzene rings is 1. The van der Waals surface area contributed by atoms with Gasteiger partial charge in [0.15, 0.2) is 0 Å². The second kappa shape index (κ2) is 5.76. The number of nitrogens with one attached hydrogen (secondary N) is 1. The highest BCUT2D eigenvalue weighted by Gasteiger charge is 2.25. The monoisotopic (exact) mass is 291 g/mol. The summed E-state index contributed by atoms with van der Waals surface area (Å²) in [5.74, 6) is 0.204. The molecule has 5 heteroatoms. The third-order valence-corrected chi connectivity index (χ3v) is 3.09. The zero-order chi connectivity index (χ0) is 15.6. The number of carbonyl (C=O) groups excluding carboxylic acids is 2. The van der Waals surface area contributed by atoms with Gasteiger partial charge in [0.1, 0.15) is 11.4 Å². The Morgan fingerprint density at radius 2 is 1.86 bits per heavy atom. The van der Waals surface area contributed by atoms with Crippen molar-refractivity contribution < 1.29 is 19.1 Å². The van der Waals surface area contributed by atoms with Gasteiger partial charge in [0.25, 0.3) is 0 Å². The van der Waals surface area contributed by atoms with E-state index in [-0.39, 0.29) is 12.0 Å². The minimum Gasteiger partial charge on any atom is -0.444 e. The van der Waals surface area contributed by atoms with Crippen molar-refractivity contribution in [3.05, 3.63) is 29.3 Å². The summed E-state index contributed by atoms with van der Waals surface area (Å²) in [6, 6.07) is 5.58. The molecule has 1 unspecified atom stereocenters. The third-order valence-electron chi connectivity index (χ3n) is 3.09. The first-order chi connectivity index (χ1) is 9.73. The van der Waals surface area contributed by atoms with Gasteiger partial charge in [-0.3, -0.25) is 4.79 Å². The van der Waals surface area contributed by atoms with E-state index in [2.05, 4.69) is 5.32 Å². The highest BCUT2D eigenvalue weighted by molar-refractivity contribution is 5.70. The molecule has 1 N–H and O–H groups in total. The van der Waals surface area contributed by atoms with Crippen molar-refractivity contribution in [1.29, 1.82) is 0 Å². The van der Waals surface area contributed by atoms with Crippen molar-refractivity contribution in [3.8, 4) is 5.75 Å². The molecule has 1 aliphatic carbocycles. The van der Waals surface area contributed by atoms with E-state index in [0.717, 1.165) is 17.5 Å². The average Bonchev–Trinajstić information content (AvgIpc) is 2.66. The topological polar surface area (TPSA) is 64.6 Å². The molecule has 0 radical (unpaired) electrons. The van der Waals surface area contributed by atoms with E-state index in [1.807, 2.05) is 32.9 Å². The lowest BCUT2D eigenvalue weighted by molar-refractivity contribution is -0.131. The van der Waals surface area contributed by atoms with Crippen LogP contribution in [0.1, 0.15) is 38.8 Å². The number of ether oxygens (including phenoxy) is 2. The molecular formula is C16H21NO4. The summed E-state index contributed by atoms with van der Waals surface area (Å²) >= 11 is 0. The fourth-order valence-corrected chi connectivity index (χ4v) is 2.40. The summed E-state index contributed by atoms with van der Waals surface area (Å²) < 4.78 is 10.3. The Labute approximate surface area is 124 Å². The molecule has 0 saturated heterocycles. The van der Waals surface area contributed by atoms with Gasteiger partial charge in [-0.05, 0) is 56.9 Å². The Balaban J connectivity index is 1.96. The van der Waals surface area contributed by atoms with Crippen LogP contribution in [0.3, 0.4) is 0 Å². The molecular weight excluding hydrogens is 270 g/mol. The van der Waals surface area contributed by atoms with Gasteiger partial charge in [-0.2, -0.15) is 0 Å². The molecule has 2 rings (SSSR count). The number of rotatable bonds is 2. The van der Waals surface area contributed by atoms with Crippen LogP contribution >= 0.6 is 0 Å². The van der Waals surface area contributed by atoms with Crippen LogP contribution in [0.2, 0.25) is 0 Å². The highest BCUT2D eigenvalue weighted by Crippen LogP contribution is 2.26. The summed E-state index contributed by atoms with van der Waals surface area (Å²) in [5.41, 5.74) is 1.75. The summed E-state index contributed by atoms with van der Waals surface area (Å²) in [6.45, 7) is 6.88. The quantitative estimate of drug-likeness (QED) is 0.672. The van der Waals surface area contributed by atoms with Crippen molar-refractivity contribution >= 4 is 12.1 Å². The Bertz CT molecular complexity index is 560. The summed E-state index contributed by atoms with van der Waals surface area (Å²) in [4.78, 5) is 22.7. The molecule has 0 aromatic heterocycles. The molecule has 114 valence electrons. The van der Waals surface area contributed by atoms with E-state index in [0.29, 0.717) is 12.2 Å².